The Labute approximate surface area is 133 Å². The number of halogens is 2. The zero-order chi connectivity index (χ0) is 15.8. The van der Waals surface area contributed by atoms with Crippen molar-refractivity contribution >= 4 is 40.9 Å². The largest absolute Gasteiger partial charge is 0.469 e. The molecule has 0 atom stereocenters. The van der Waals surface area contributed by atoms with Gasteiger partial charge in [0.2, 0.25) is 5.91 Å². The summed E-state index contributed by atoms with van der Waals surface area (Å²) in [6.07, 6.45) is 1.63. The third-order valence-corrected chi connectivity index (χ3v) is 3.23. The van der Waals surface area contributed by atoms with Gasteiger partial charge in [-0.05, 0) is 12.6 Å². The average Bonchev–Trinajstić information content (AvgIpc) is 2.46. The van der Waals surface area contributed by atoms with Gasteiger partial charge in [0.25, 0.3) is 0 Å². The molecule has 1 amide bonds. The Morgan fingerprint density at radius 3 is 2.71 bits per heavy atom. The lowest BCUT2D eigenvalue weighted by atomic mass is 10.3. The summed E-state index contributed by atoms with van der Waals surface area (Å²) < 4.78 is 4.57. The molecule has 0 radical (unpaired) electrons. The molecule has 0 saturated heterocycles. The average molecular weight is 334 g/mol. The van der Waals surface area contributed by atoms with E-state index in [1.165, 1.54) is 19.4 Å². The van der Waals surface area contributed by atoms with Crippen LogP contribution in [0.2, 0.25) is 10.0 Å². The van der Waals surface area contributed by atoms with E-state index >= 15 is 0 Å². The van der Waals surface area contributed by atoms with Gasteiger partial charge in [0.05, 0.1) is 30.1 Å². The summed E-state index contributed by atoms with van der Waals surface area (Å²) in [5.74, 6) is -0.315. The Hall–Kier alpha value is -1.37. The number of nitrogens with zero attached hydrogens (tertiary/aromatic N) is 2. The van der Waals surface area contributed by atoms with Crippen molar-refractivity contribution in [2.45, 2.75) is 13.3 Å². The molecule has 0 unspecified atom stereocenters. The normalized spacial score (nSPS) is 10.5. The first kappa shape index (κ1) is 17.7. The maximum absolute atomic E-state index is 11.9. The molecule has 1 aromatic rings. The van der Waals surface area contributed by atoms with Crippen molar-refractivity contribution in [3.63, 3.8) is 0 Å². The highest BCUT2D eigenvalue weighted by atomic mass is 35.5. The van der Waals surface area contributed by atoms with Gasteiger partial charge >= 0.3 is 5.97 Å². The topological polar surface area (TPSA) is 71.5 Å². The lowest BCUT2D eigenvalue weighted by molar-refractivity contribution is -0.141. The van der Waals surface area contributed by atoms with Crippen LogP contribution in [0.4, 0.5) is 5.82 Å². The highest BCUT2D eigenvalue weighted by Gasteiger charge is 2.13. The van der Waals surface area contributed by atoms with Crippen LogP contribution >= 0.6 is 23.2 Å². The molecule has 1 N–H and O–H groups in total. The Bertz CT molecular complexity index is 511. The summed E-state index contributed by atoms with van der Waals surface area (Å²) in [6, 6.07) is 1.50. The van der Waals surface area contributed by atoms with Gasteiger partial charge < -0.3 is 10.1 Å². The molecule has 8 heteroatoms. The molecule has 0 fully saturated rings. The maximum Gasteiger partial charge on any atom is 0.306 e. The number of aromatic nitrogens is 1. The van der Waals surface area contributed by atoms with E-state index in [0.717, 1.165) is 0 Å². The molecule has 0 aliphatic heterocycles. The number of carbonyl (C=O) groups is 2. The number of rotatable bonds is 7. The minimum absolute atomic E-state index is 0.133. The van der Waals surface area contributed by atoms with Gasteiger partial charge in [-0.3, -0.25) is 14.5 Å². The Balaban J connectivity index is 2.52. The van der Waals surface area contributed by atoms with E-state index in [9.17, 15) is 9.59 Å². The lowest BCUT2D eigenvalue weighted by Gasteiger charge is -2.19. The molecule has 21 heavy (non-hydrogen) atoms. The monoisotopic (exact) mass is 333 g/mol. The summed E-state index contributed by atoms with van der Waals surface area (Å²) >= 11 is 11.7. The number of anilines is 1. The van der Waals surface area contributed by atoms with Gasteiger partial charge in [-0.25, -0.2) is 4.98 Å². The zero-order valence-electron chi connectivity index (χ0n) is 11.9. The molecule has 0 bridgehead atoms. The number of likely N-dealkylation sites (N-methyl/N-ethyl adjacent to an activating group) is 1. The van der Waals surface area contributed by atoms with Crippen molar-refractivity contribution in [1.29, 1.82) is 0 Å². The number of pyridine rings is 1. The third-order valence-electron chi connectivity index (χ3n) is 2.74. The molecule has 6 nitrogen and oxygen atoms in total. The number of ether oxygens (including phenoxy) is 1. The summed E-state index contributed by atoms with van der Waals surface area (Å²) in [5, 5.41) is 3.27. The van der Waals surface area contributed by atoms with E-state index in [-0.39, 0.29) is 35.7 Å². The maximum atomic E-state index is 11.9. The van der Waals surface area contributed by atoms with Gasteiger partial charge in [0.1, 0.15) is 0 Å². The van der Waals surface area contributed by atoms with Crippen molar-refractivity contribution in [1.82, 2.24) is 9.88 Å². The standard InChI is InChI=1S/C13H17Cl2N3O3/c1-3-18(5-4-12(20)21-2)8-11(19)17-13-10(15)6-9(14)7-16-13/h6-7H,3-5,8H2,1-2H3,(H,16,17,19). The second-order valence-corrected chi connectivity index (χ2v) is 5.07. The molecule has 0 aliphatic rings. The summed E-state index contributed by atoms with van der Waals surface area (Å²) in [6.45, 7) is 3.11. The number of esters is 1. The van der Waals surface area contributed by atoms with Gasteiger partial charge in [-0.2, -0.15) is 0 Å². The van der Waals surface area contributed by atoms with Crippen LogP contribution in [0, 0.1) is 0 Å². The first-order chi connectivity index (χ1) is 9.96. The molecule has 116 valence electrons. The molecule has 1 aromatic heterocycles. The quantitative estimate of drug-likeness (QED) is 0.774. The molecule has 1 heterocycles. The molecule has 0 aromatic carbocycles. The Morgan fingerprint density at radius 1 is 1.43 bits per heavy atom. The molecular formula is C13H17Cl2N3O3. The van der Waals surface area contributed by atoms with Crippen LogP contribution in [0.3, 0.4) is 0 Å². The van der Waals surface area contributed by atoms with E-state index in [2.05, 4.69) is 15.0 Å². The van der Waals surface area contributed by atoms with Crippen LogP contribution in [0.15, 0.2) is 12.3 Å². The lowest BCUT2D eigenvalue weighted by Crippen LogP contribution is -2.35. The zero-order valence-corrected chi connectivity index (χ0v) is 13.4. The molecule has 0 aliphatic carbocycles. The second kappa shape index (κ2) is 8.81. The number of amides is 1. The summed E-state index contributed by atoms with van der Waals surface area (Å²) in [5.41, 5.74) is 0. The van der Waals surface area contributed by atoms with Crippen LogP contribution in [0.25, 0.3) is 0 Å². The number of hydrogen-bond acceptors (Lipinski definition) is 5. The minimum Gasteiger partial charge on any atom is -0.469 e. The van der Waals surface area contributed by atoms with Gasteiger partial charge in [-0.15, -0.1) is 0 Å². The second-order valence-electron chi connectivity index (χ2n) is 4.23. The fourth-order valence-corrected chi connectivity index (χ4v) is 2.01. The Kier molecular flexibility index (Phi) is 7.42. The number of methoxy groups -OCH3 is 1. The molecule has 1 rings (SSSR count). The van der Waals surface area contributed by atoms with E-state index in [1.54, 1.807) is 0 Å². The van der Waals surface area contributed by atoms with Crippen LogP contribution in [0.5, 0.6) is 0 Å². The molecule has 0 saturated carbocycles. The van der Waals surface area contributed by atoms with E-state index in [4.69, 9.17) is 23.2 Å². The number of carbonyl (C=O) groups excluding carboxylic acids is 2. The summed E-state index contributed by atoms with van der Waals surface area (Å²) in [4.78, 5) is 28.8. The predicted octanol–water partition coefficient (Wildman–Crippen LogP) is 2.21. The SMILES string of the molecule is CCN(CCC(=O)OC)CC(=O)Nc1ncc(Cl)cc1Cl. The fraction of sp³-hybridized carbons (Fsp3) is 0.462. The van der Waals surface area contributed by atoms with Crippen molar-refractivity contribution in [3.8, 4) is 0 Å². The van der Waals surface area contributed by atoms with E-state index < -0.39 is 0 Å². The minimum atomic E-state index is -0.309. The van der Waals surface area contributed by atoms with Gasteiger partial charge in [-0.1, -0.05) is 30.1 Å². The highest BCUT2D eigenvalue weighted by Crippen LogP contribution is 2.22. The van der Waals surface area contributed by atoms with Crippen molar-refractivity contribution in [2.75, 3.05) is 32.1 Å². The van der Waals surface area contributed by atoms with E-state index in [0.29, 0.717) is 18.1 Å². The van der Waals surface area contributed by atoms with Crippen molar-refractivity contribution in [2.24, 2.45) is 0 Å². The molecule has 0 spiro atoms. The van der Waals surface area contributed by atoms with Crippen molar-refractivity contribution < 1.29 is 14.3 Å². The van der Waals surface area contributed by atoms with Crippen LogP contribution < -0.4 is 5.32 Å². The first-order valence-electron chi connectivity index (χ1n) is 6.36. The predicted molar refractivity (Wildman–Crippen MR) is 81.6 cm³/mol. The summed E-state index contributed by atoms with van der Waals surface area (Å²) in [7, 11) is 1.33. The number of hydrogen-bond donors (Lipinski definition) is 1. The first-order valence-corrected chi connectivity index (χ1v) is 7.12. The fourth-order valence-electron chi connectivity index (χ4n) is 1.58. The van der Waals surface area contributed by atoms with Crippen LogP contribution in [-0.4, -0.2) is 48.5 Å². The van der Waals surface area contributed by atoms with Gasteiger partial charge in [0.15, 0.2) is 5.82 Å². The van der Waals surface area contributed by atoms with Crippen molar-refractivity contribution in [3.05, 3.63) is 22.3 Å². The Morgan fingerprint density at radius 2 is 2.14 bits per heavy atom. The highest BCUT2D eigenvalue weighted by molar-refractivity contribution is 6.36. The molecular weight excluding hydrogens is 317 g/mol. The van der Waals surface area contributed by atoms with Crippen LogP contribution in [0.1, 0.15) is 13.3 Å². The van der Waals surface area contributed by atoms with Gasteiger partial charge in [0, 0.05) is 12.7 Å². The van der Waals surface area contributed by atoms with E-state index in [1.807, 2.05) is 11.8 Å². The number of nitrogens with one attached hydrogen (secondary N) is 1. The third kappa shape index (κ3) is 6.29. The van der Waals surface area contributed by atoms with Crippen LogP contribution in [-0.2, 0) is 14.3 Å². The smallest absolute Gasteiger partial charge is 0.306 e.